The summed E-state index contributed by atoms with van der Waals surface area (Å²) in [5.41, 5.74) is 1.97. The highest BCUT2D eigenvalue weighted by Gasteiger charge is 1.97. The molecule has 0 aromatic heterocycles. The predicted molar refractivity (Wildman–Crippen MR) is 71.7 cm³/mol. The minimum atomic E-state index is -0.331. The van der Waals surface area contributed by atoms with Gasteiger partial charge in [0.25, 0.3) is 0 Å². The van der Waals surface area contributed by atoms with Crippen molar-refractivity contribution in [2.75, 3.05) is 0 Å². The molecule has 0 N–H and O–H groups in total. The fourth-order valence-electron chi connectivity index (χ4n) is 1.51. The minimum absolute atomic E-state index is 0.304. The molecule has 0 saturated heterocycles. The molecular formula is C16H14O2. The normalized spacial score (nSPS) is 10.4. The second-order valence-corrected chi connectivity index (χ2v) is 3.84. The largest absolute Gasteiger partial charge is 0.458 e. The second kappa shape index (κ2) is 6.40. The highest BCUT2D eigenvalue weighted by atomic mass is 16.5. The van der Waals surface area contributed by atoms with Gasteiger partial charge in [-0.15, -0.1) is 0 Å². The summed E-state index contributed by atoms with van der Waals surface area (Å²) in [5.74, 6) is -0.331. The van der Waals surface area contributed by atoms with Crippen LogP contribution in [0.1, 0.15) is 11.1 Å². The molecule has 2 nitrogen and oxygen atoms in total. The molecule has 0 radical (unpaired) electrons. The van der Waals surface area contributed by atoms with Crippen LogP contribution in [0, 0.1) is 0 Å². The number of hydrogen-bond acceptors (Lipinski definition) is 2. The molecule has 2 aromatic carbocycles. The first-order chi connectivity index (χ1) is 8.84. The van der Waals surface area contributed by atoms with Crippen molar-refractivity contribution in [3.63, 3.8) is 0 Å². The van der Waals surface area contributed by atoms with E-state index >= 15 is 0 Å². The second-order valence-electron chi connectivity index (χ2n) is 3.84. The van der Waals surface area contributed by atoms with Crippen LogP contribution in [0.15, 0.2) is 66.7 Å². The van der Waals surface area contributed by atoms with Crippen LogP contribution >= 0.6 is 0 Å². The first-order valence-electron chi connectivity index (χ1n) is 5.78. The first-order valence-corrected chi connectivity index (χ1v) is 5.78. The summed E-state index contributed by atoms with van der Waals surface area (Å²) in [4.78, 5) is 11.5. The molecule has 2 heteroatoms. The van der Waals surface area contributed by atoms with Crippen molar-refractivity contribution in [3.8, 4) is 0 Å². The number of benzene rings is 2. The van der Waals surface area contributed by atoms with Crippen molar-refractivity contribution < 1.29 is 9.53 Å². The van der Waals surface area contributed by atoms with Gasteiger partial charge in [-0.1, -0.05) is 60.7 Å². The smallest absolute Gasteiger partial charge is 0.331 e. The molecule has 0 spiro atoms. The highest BCUT2D eigenvalue weighted by Crippen LogP contribution is 2.03. The van der Waals surface area contributed by atoms with Gasteiger partial charge in [-0.3, -0.25) is 0 Å². The molecule has 90 valence electrons. The monoisotopic (exact) mass is 238 g/mol. The summed E-state index contributed by atoms with van der Waals surface area (Å²) in [6.45, 7) is 0.304. The number of rotatable bonds is 4. The Bertz CT molecular complexity index is 515. The lowest BCUT2D eigenvalue weighted by molar-refractivity contribution is -0.138. The molecule has 2 aromatic rings. The van der Waals surface area contributed by atoms with Crippen LogP contribution in [0.5, 0.6) is 0 Å². The van der Waals surface area contributed by atoms with Gasteiger partial charge in [-0.2, -0.15) is 0 Å². The van der Waals surface area contributed by atoms with Crippen LogP contribution in [-0.2, 0) is 16.1 Å². The SMILES string of the molecule is O=C(/C=C\c1ccccc1)OCc1ccccc1. The molecule has 0 amide bonds. The van der Waals surface area contributed by atoms with Crippen molar-refractivity contribution >= 4 is 12.0 Å². The van der Waals surface area contributed by atoms with E-state index in [2.05, 4.69) is 0 Å². The third kappa shape index (κ3) is 3.91. The minimum Gasteiger partial charge on any atom is -0.458 e. The zero-order valence-electron chi connectivity index (χ0n) is 9.95. The third-order valence-corrected chi connectivity index (χ3v) is 2.44. The van der Waals surface area contributed by atoms with Crippen molar-refractivity contribution in [2.45, 2.75) is 6.61 Å². The van der Waals surface area contributed by atoms with E-state index in [4.69, 9.17) is 4.74 Å². The van der Waals surface area contributed by atoms with E-state index in [9.17, 15) is 4.79 Å². The Morgan fingerprint density at radius 1 is 0.944 bits per heavy atom. The van der Waals surface area contributed by atoms with Crippen molar-refractivity contribution in [1.29, 1.82) is 0 Å². The Labute approximate surface area is 107 Å². The summed E-state index contributed by atoms with van der Waals surface area (Å²) < 4.78 is 5.12. The molecule has 2 rings (SSSR count). The zero-order valence-corrected chi connectivity index (χ0v) is 9.95. The number of hydrogen-bond donors (Lipinski definition) is 0. The fourth-order valence-corrected chi connectivity index (χ4v) is 1.51. The molecule has 0 fully saturated rings. The maximum atomic E-state index is 11.5. The number of esters is 1. The number of carbonyl (C=O) groups is 1. The van der Waals surface area contributed by atoms with Gasteiger partial charge in [0.05, 0.1) is 0 Å². The summed E-state index contributed by atoms with van der Waals surface area (Å²) in [5, 5.41) is 0. The lowest BCUT2D eigenvalue weighted by atomic mass is 10.2. The third-order valence-electron chi connectivity index (χ3n) is 2.44. The molecule has 0 aliphatic rings. The van der Waals surface area contributed by atoms with Gasteiger partial charge < -0.3 is 4.74 Å². The lowest BCUT2D eigenvalue weighted by Gasteiger charge is -2.01. The van der Waals surface area contributed by atoms with Gasteiger partial charge in [0.1, 0.15) is 6.61 Å². The Kier molecular flexibility index (Phi) is 4.31. The van der Waals surface area contributed by atoms with Crippen LogP contribution in [0.4, 0.5) is 0 Å². The lowest BCUT2D eigenvalue weighted by Crippen LogP contribution is -2.00. The van der Waals surface area contributed by atoms with E-state index in [0.717, 1.165) is 11.1 Å². The van der Waals surface area contributed by atoms with Crippen LogP contribution < -0.4 is 0 Å². The highest BCUT2D eigenvalue weighted by molar-refractivity contribution is 5.86. The molecule has 18 heavy (non-hydrogen) atoms. The van der Waals surface area contributed by atoms with Crippen molar-refractivity contribution in [1.82, 2.24) is 0 Å². The standard InChI is InChI=1S/C16H14O2/c17-16(12-11-14-7-3-1-4-8-14)18-13-15-9-5-2-6-10-15/h1-12H,13H2/b12-11-. The van der Waals surface area contributed by atoms with E-state index in [1.54, 1.807) is 6.08 Å². The van der Waals surface area contributed by atoms with Crippen LogP contribution in [0.25, 0.3) is 6.08 Å². The molecular weight excluding hydrogens is 224 g/mol. The molecule has 0 heterocycles. The molecule has 0 unspecified atom stereocenters. The van der Waals surface area contributed by atoms with Crippen molar-refractivity contribution in [3.05, 3.63) is 77.9 Å². The van der Waals surface area contributed by atoms with Gasteiger partial charge >= 0.3 is 5.97 Å². The van der Waals surface area contributed by atoms with E-state index in [-0.39, 0.29) is 5.97 Å². The van der Waals surface area contributed by atoms with Crippen LogP contribution in [-0.4, -0.2) is 5.97 Å². The maximum absolute atomic E-state index is 11.5. The Morgan fingerprint density at radius 2 is 1.56 bits per heavy atom. The number of ether oxygens (including phenoxy) is 1. The Morgan fingerprint density at radius 3 is 2.22 bits per heavy atom. The number of carbonyl (C=O) groups excluding carboxylic acids is 1. The molecule has 0 bridgehead atoms. The average molecular weight is 238 g/mol. The van der Waals surface area contributed by atoms with E-state index in [1.807, 2.05) is 60.7 Å². The van der Waals surface area contributed by atoms with E-state index in [1.165, 1.54) is 6.08 Å². The fraction of sp³-hybridized carbons (Fsp3) is 0.0625. The topological polar surface area (TPSA) is 26.3 Å². The summed E-state index contributed by atoms with van der Waals surface area (Å²) in [7, 11) is 0. The van der Waals surface area contributed by atoms with Gasteiger partial charge in [0.2, 0.25) is 0 Å². The molecule has 0 aliphatic heterocycles. The zero-order chi connectivity index (χ0) is 12.6. The molecule has 0 aliphatic carbocycles. The van der Waals surface area contributed by atoms with E-state index < -0.39 is 0 Å². The maximum Gasteiger partial charge on any atom is 0.331 e. The van der Waals surface area contributed by atoms with Gasteiger partial charge in [-0.05, 0) is 17.2 Å². The molecule has 0 atom stereocenters. The van der Waals surface area contributed by atoms with Crippen LogP contribution in [0.3, 0.4) is 0 Å². The Balaban J connectivity index is 1.84. The predicted octanol–water partition coefficient (Wildman–Crippen LogP) is 3.44. The first kappa shape index (κ1) is 12.1. The Hall–Kier alpha value is -2.35. The quantitative estimate of drug-likeness (QED) is 0.602. The van der Waals surface area contributed by atoms with Gasteiger partial charge in [0.15, 0.2) is 0 Å². The summed E-state index contributed by atoms with van der Waals surface area (Å²) >= 11 is 0. The summed E-state index contributed by atoms with van der Waals surface area (Å²) in [6, 6.07) is 19.3. The molecule has 0 saturated carbocycles. The van der Waals surface area contributed by atoms with E-state index in [0.29, 0.717) is 6.61 Å². The van der Waals surface area contributed by atoms with Crippen LogP contribution in [0.2, 0.25) is 0 Å². The average Bonchev–Trinajstić information content (AvgIpc) is 2.45. The van der Waals surface area contributed by atoms with Gasteiger partial charge in [0, 0.05) is 6.08 Å². The van der Waals surface area contributed by atoms with Crippen molar-refractivity contribution in [2.24, 2.45) is 0 Å². The van der Waals surface area contributed by atoms with Gasteiger partial charge in [-0.25, -0.2) is 4.79 Å². The summed E-state index contributed by atoms with van der Waals surface area (Å²) in [6.07, 6.45) is 3.19.